The molecule has 0 saturated carbocycles. The summed E-state index contributed by atoms with van der Waals surface area (Å²) >= 11 is 1.41. The first-order valence-corrected chi connectivity index (χ1v) is 6.81. The third-order valence-corrected chi connectivity index (χ3v) is 4.17. The number of nitrogens with zero attached hydrogens (tertiary/aromatic N) is 2. The number of rotatable bonds is 1. The van der Waals surface area contributed by atoms with Crippen LogP contribution in [0, 0.1) is 0 Å². The molecule has 0 fully saturated rings. The zero-order chi connectivity index (χ0) is 12.8. The fourth-order valence-electron chi connectivity index (χ4n) is 2.38. The van der Waals surface area contributed by atoms with Gasteiger partial charge < -0.3 is 10.3 Å². The van der Waals surface area contributed by atoms with Gasteiger partial charge in [0.2, 0.25) is 0 Å². The topological polar surface area (TPSA) is 70.7 Å². The minimum atomic E-state index is -0.00877. The van der Waals surface area contributed by atoms with Crippen molar-refractivity contribution in [3.05, 3.63) is 35.7 Å². The Kier molecular flexibility index (Phi) is 2.19. The molecule has 6 heteroatoms. The van der Waals surface area contributed by atoms with E-state index < -0.39 is 0 Å². The second kappa shape index (κ2) is 3.89. The molecule has 19 heavy (non-hydrogen) atoms. The van der Waals surface area contributed by atoms with E-state index >= 15 is 0 Å². The Morgan fingerprint density at radius 3 is 3.21 bits per heavy atom. The number of hydrogen-bond acceptors (Lipinski definition) is 4. The Morgan fingerprint density at radius 2 is 2.32 bits per heavy atom. The molecule has 0 aromatic carbocycles. The molecule has 0 aliphatic carbocycles. The van der Waals surface area contributed by atoms with Crippen molar-refractivity contribution in [2.45, 2.75) is 6.42 Å². The molecule has 1 aliphatic rings. The van der Waals surface area contributed by atoms with Gasteiger partial charge in [0, 0.05) is 24.9 Å². The summed E-state index contributed by atoms with van der Waals surface area (Å²) < 4.78 is 4.38. The van der Waals surface area contributed by atoms with Crippen molar-refractivity contribution in [2.24, 2.45) is 0 Å². The minimum absolute atomic E-state index is 0.00877. The fraction of sp³-hybridized carbons (Fsp3) is 0.154. The van der Waals surface area contributed by atoms with E-state index in [1.54, 1.807) is 6.20 Å². The predicted octanol–water partition coefficient (Wildman–Crippen LogP) is 1.97. The summed E-state index contributed by atoms with van der Waals surface area (Å²) in [5.74, 6) is -0.00877. The maximum absolute atomic E-state index is 11.8. The van der Waals surface area contributed by atoms with Crippen LogP contribution in [0.1, 0.15) is 16.1 Å². The summed E-state index contributed by atoms with van der Waals surface area (Å²) in [6, 6.07) is 5.71. The lowest BCUT2D eigenvalue weighted by Gasteiger charge is -2.10. The van der Waals surface area contributed by atoms with E-state index in [4.69, 9.17) is 0 Å². The van der Waals surface area contributed by atoms with Gasteiger partial charge in [-0.25, -0.2) is 0 Å². The van der Waals surface area contributed by atoms with Gasteiger partial charge in [0.05, 0.1) is 16.1 Å². The van der Waals surface area contributed by atoms with E-state index in [1.165, 1.54) is 11.5 Å². The van der Waals surface area contributed by atoms with Crippen molar-refractivity contribution in [2.75, 3.05) is 6.54 Å². The SMILES string of the molecule is O=C1NCCc2[nH]c(-c3snc4cccnc34)cc21. The summed E-state index contributed by atoms with van der Waals surface area (Å²) in [5.41, 5.74) is 4.43. The number of fused-ring (bicyclic) bond motifs is 2. The number of nitrogens with one attached hydrogen (secondary N) is 2. The molecule has 4 heterocycles. The van der Waals surface area contributed by atoms with Gasteiger partial charge in [-0.05, 0) is 29.7 Å². The number of H-pyrrole nitrogens is 1. The molecule has 0 unspecified atom stereocenters. The summed E-state index contributed by atoms with van der Waals surface area (Å²) in [5, 5.41) is 2.85. The van der Waals surface area contributed by atoms with Crippen molar-refractivity contribution in [3.8, 4) is 10.6 Å². The van der Waals surface area contributed by atoms with Crippen LogP contribution in [0.5, 0.6) is 0 Å². The highest BCUT2D eigenvalue weighted by Gasteiger charge is 2.21. The first-order valence-electron chi connectivity index (χ1n) is 6.04. The lowest BCUT2D eigenvalue weighted by Crippen LogP contribution is -2.31. The summed E-state index contributed by atoms with van der Waals surface area (Å²) in [4.78, 5) is 20.5. The third-order valence-electron chi connectivity index (χ3n) is 3.29. The molecular formula is C13H10N4OS. The average Bonchev–Trinajstić information content (AvgIpc) is 3.02. The normalized spacial score (nSPS) is 14.4. The van der Waals surface area contributed by atoms with Crippen LogP contribution in [0.15, 0.2) is 24.4 Å². The highest BCUT2D eigenvalue weighted by atomic mass is 32.1. The molecule has 1 amide bonds. The molecule has 3 aromatic heterocycles. The summed E-state index contributed by atoms with van der Waals surface area (Å²) in [6.45, 7) is 0.688. The highest BCUT2D eigenvalue weighted by Crippen LogP contribution is 2.32. The van der Waals surface area contributed by atoms with Gasteiger partial charge in [-0.3, -0.25) is 9.78 Å². The first kappa shape index (κ1) is 10.7. The standard InChI is InChI=1S/C13H10N4OS/c18-13-7-6-10(16-8(7)3-5-15-13)12-11-9(17-19-12)2-1-4-14-11/h1-2,4,6,16H,3,5H2,(H,15,18). The van der Waals surface area contributed by atoms with Crippen LogP contribution in [0.4, 0.5) is 0 Å². The zero-order valence-corrected chi connectivity index (χ0v) is 10.8. The van der Waals surface area contributed by atoms with E-state index in [-0.39, 0.29) is 5.91 Å². The summed E-state index contributed by atoms with van der Waals surface area (Å²) in [7, 11) is 0. The first-order chi connectivity index (χ1) is 9.33. The van der Waals surface area contributed by atoms with Crippen molar-refractivity contribution in [1.82, 2.24) is 19.7 Å². The number of pyridine rings is 1. The minimum Gasteiger partial charge on any atom is -0.357 e. The van der Waals surface area contributed by atoms with Gasteiger partial charge in [-0.15, -0.1) is 0 Å². The van der Waals surface area contributed by atoms with Crippen molar-refractivity contribution < 1.29 is 4.79 Å². The van der Waals surface area contributed by atoms with Gasteiger partial charge in [0.25, 0.3) is 5.91 Å². The van der Waals surface area contributed by atoms with Gasteiger partial charge in [0.1, 0.15) is 11.0 Å². The molecule has 0 atom stereocenters. The fourth-order valence-corrected chi connectivity index (χ4v) is 3.16. The lowest BCUT2D eigenvalue weighted by atomic mass is 10.1. The Labute approximate surface area is 112 Å². The van der Waals surface area contributed by atoms with E-state index in [0.29, 0.717) is 6.54 Å². The molecular weight excluding hydrogens is 260 g/mol. The molecule has 0 bridgehead atoms. The van der Waals surface area contributed by atoms with Gasteiger partial charge in [-0.1, -0.05) is 0 Å². The van der Waals surface area contributed by atoms with Crippen molar-refractivity contribution >= 4 is 28.5 Å². The summed E-state index contributed by atoms with van der Waals surface area (Å²) in [6.07, 6.45) is 2.60. The van der Waals surface area contributed by atoms with E-state index in [1.807, 2.05) is 18.2 Å². The molecule has 5 nitrogen and oxygen atoms in total. The van der Waals surface area contributed by atoms with Crippen molar-refractivity contribution in [1.29, 1.82) is 0 Å². The van der Waals surface area contributed by atoms with E-state index in [9.17, 15) is 4.79 Å². The van der Waals surface area contributed by atoms with Gasteiger partial charge in [0.15, 0.2) is 0 Å². The van der Waals surface area contributed by atoms with E-state index in [0.717, 1.165) is 39.3 Å². The Hall–Kier alpha value is -2.21. The van der Waals surface area contributed by atoms with Gasteiger partial charge in [-0.2, -0.15) is 4.37 Å². The van der Waals surface area contributed by atoms with Crippen LogP contribution in [0.25, 0.3) is 21.6 Å². The monoisotopic (exact) mass is 270 g/mol. The smallest absolute Gasteiger partial charge is 0.253 e. The van der Waals surface area contributed by atoms with Crippen LogP contribution in [0.2, 0.25) is 0 Å². The van der Waals surface area contributed by atoms with Gasteiger partial charge >= 0.3 is 0 Å². The number of aromatic nitrogens is 3. The molecule has 3 aromatic rings. The predicted molar refractivity (Wildman–Crippen MR) is 73.2 cm³/mol. The highest BCUT2D eigenvalue weighted by molar-refractivity contribution is 7.11. The molecule has 2 N–H and O–H groups in total. The number of carbonyl (C=O) groups is 1. The second-order valence-electron chi connectivity index (χ2n) is 4.46. The number of aromatic amines is 1. The molecule has 1 aliphatic heterocycles. The number of hydrogen-bond donors (Lipinski definition) is 2. The van der Waals surface area contributed by atoms with Crippen LogP contribution < -0.4 is 5.32 Å². The van der Waals surface area contributed by atoms with Crippen LogP contribution >= 0.6 is 11.5 Å². The molecule has 94 valence electrons. The van der Waals surface area contributed by atoms with Crippen LogP contribution in [0.3, 0.4) is 0 Å². The molecule has 0 radical (unpaired) electrons. The molecule has 0 saturated heterocycles. The zero-order valence-electron chi connectivity index (χ0n) is 9.93. The van der Waals surface area contributed by atoms with E-state index in [2.05, 4.69) is 19.7 Å². The Balaban J connectivity index is 1.91. The molecule has 4 rings (SSSR count). The van der Waals surface area contributed by atoms with Crippen LogP contribution in [-0.4, -0.2) is 26.8 Å². The Morgan fingerprint density at radius 1 is 1.37 bits per heavy atom. The average molecular weight is 270 g/mol. The quantitative estimate of drug-likeness (QED) is 0.710. The van der Waals surface area contributed by atoms with Crippen molar-refractivity contribution in [3.63, 3.8) is 0 Å². The maximum atomic E-state index is 11.8. The van der Waals surface area contributed by atoms with Crippen LogP contribution in [-0.2, 0) is 6.42 Å². The maximum Gasteiger partial charge on any atom is 0.253 e. The molecule has 0 spiro atoms. The Bertz CT molecular complexity index is 789. The largest absolute Gasteiger partial charge is 0.357 e. The third kappa shape index (κ3) is 1.57. The second-order valence-corrected chi connectivity index (χ2v) is 5.24. The number of amides is 1. The lowest BCUT2D eigenvalue weighted by molar-refractivity contribution is 0.0946. The number of carbonyl (C=O) groups excluding carboxylic acids is 1.